The number of halogens is 1. The van der Waals surface area contributed by atoms with Crippen LogP contribution in [0.2, 0.25) is 5.02 Å². The normalized spacial score (nSPS) is 11.0. The van der Waals surface area contributed by atoms with Gasteiger partial charge >= 0.3 is 0 Å². The van der Waals surface area contributed by atoms with Crippen LogP contribution in [0.5, 0.6) is 5.75 Å². The van der Waals surface area contributed by atoms with Crippen LogP contribution in [0.1, 0.15) is 24.5 Å². The fraction of sp³-hybridized carbons (Fsp3) is 0.333. The largest absolute Gasteiger partial charge is 0.484 e. The average molecular weight is 366 g/mol. The fourth-order valence-corrected chi connectivity index (χ4v) is 2.87. The second kappa shape index (κ2) is 7.67. The Labute approximate surface area is 148 Å². The monoisotopic (exact) mass is 365 g/mol. The Morgan fingerprint density at radius 1 is 1.17 bits per heavy atom. The molecule has 0 bridgehead atoms. The van der Waals surface area contributed by atoms with Gasteiger partial charge in [-0.05, 0) is 12.1 Å². The molecule has 2 aromatic heterocycles. The Hall–Kier alpha value is -2.06. The molecule has 0 fully saturated rings. The molecule has 0 N–H and O–H groups in total. The minimum Gasteiger partial charge on any atom is -0.484 e. The number of hydrogen-bond donors (Lipinski definition) is 0. The Kier molecular flexibility index (Phi) is 5.37. The summed E-state index contributed by atoms with van der Waals surface area (Å²) >= 11 is 7.55. The van der Waals surface area contributed by atoms with Gasteiger partial charge in [0.25, 0.3) is 0 Å². The molecule has 0 radical (unpaired) electrons. The number of rotatable bonds is 7. The Bertz CT molecular complexity index is 820. The van der Waals surface area contributed by atoms with E-state index in [0.717, 1.165) is 11.6 Å². The number of thioether (sulfide) groups is 1. The third-order valence-corrected chi connectivity index (χ3v) is 4.57. The van der Waals surface area contributed by atoms with Gasteiger partial charge in [0, 0.05) is 13.5 Å². The molecule has 0 saturated carbocycles. The van der Waals surface area contributed by atoms with E-state index in [2.05, 4.69) is 20.4 Å². The summed E-state index contributed by atoms with van der Waals surface area (Å²) in [5.41, 5.74) is 0. The first-order valence-corrected chi connectivity index (χ1v) is 8.73. The molecule has 0 unspecified atom stereocenters. The molecule has 0 aliphatic carbocycles. The van der Waals surface area contributed by atoms with E-state index in [1.165, 1.54) is 11.8 Å². The van der Waals surface area contributed by atoms with Crippen LogP contribution in [0.15, 0.2) is 33.8 Å². The Morgan fingerprint density at radius 2 is 1.96 bits per heavy atom. The minimum atomic E-state index is 0.286. The van der Waals surface area contributed by atoms with Crippen molar-refractivity contribution in [1.82, 2.24) is 25.0 Å². The van der Waals surface area contributed by atoms with Crippen molar-refractivity contribution in [2.45, 2.75) is 30.9 Å². The summed E-state index contributed by atoms with van der Waals surface area (Å²) < 4.78 is 13.0. The van der Waals surface area contributed by atoms with Crippen molar-refractivity contribution in [2.75, 3.05) is 0 Å². The van der Waals surface area contributed by atoms with Crippen molar-refractivity contribution < 1.29 is 9.15 Å². The van der Waals surface area contributed by atoms with Gasteiger partial charge in [-0.2, -0.15) is 0 Å². The predicted octanol–water partition coefficient (Wildman–Crippen LogP) is 3.29. The number of benzene rings is 1. The van der Waals surface area contributed by atoms with Crippen molar-refractivity contribution in [3.63, 3.8) is 0 Å². The average Bonchev–Trinajstić information content (AvgIpc) is 3.19. The van der Waals surface area contributed by atoms with Gasteiger partial charge in [0.05, 0.1) is 10.8 Å². The molecule has 0 spiro atoms. The number of hydrogen-bond acceptors (Lipinski definition) is 7. The van der Waals surface area contributed by atoms with Gasteiger partial charge in [-0.25, -0.2) is 0 Å². The summed E-state index contributed by atoms with van der Waals surface area (Å²) in [6.07, 6.45) is 0.727. The van der Waals surface area contributed by atoms with Crippen LogP contribution in [0.3, 0.4) is 0 Å². The number of para-hydroxylation sites is 1. The second-order valence-electron chi connectivity index (χ2n) is 4.91. The van der Waals surface area contributed by atoms with E-state index in [9.17, 15) is 0 Å². The quantitative estimate of drug-likeness (QED) is 0.594. The van der Waals surface area contributed by atoms with Crippen molar-refractivity contribution in [1.29, 1.82) is 0 Å². The van der Waals surface area contributed by atoms with Gasteiger partial charge in [-0.3, -0.25) is 0 Å². The van der Waals surface area contributed by atoms with Crippen LogP contribution in [0.25, 0.3) is 0 Å². The predicted molar refractivity (Wildman–Crippen MR) is 90.0 cm³/mol. The van der Waals surface area contributed by atoms with E-state index in [1.807, 2.05) is 36.7 Å². The van der Waals surface area contributed by atoms with Crippen LogP contribution in [-0.2, 0) is 25.8 Å². The zero-order valence-corrected chi connectivity index (χ0v) is 14.8. The zero-order chi connectivity index (χ0) is 16.9. The first kappa shape index (κ1) is 16.8. The first-order chi connectivity index (χ1) is 11.7. The van der Waals surface area contributed by atoms with Crippen LogP contribution < -0.4 is 4.74 Å². The summed E-state index contributed by atoms with van der Waals surface area (Å²) in [5, 5.41) is 17.6. The lowest BCUT2D eigenvalue weighted by atomic mass is 10.3. The Balaban J connectivity index is 1.60. The fourth-order valence-electron chi connectivity index (χ4n) is 1.92. The molecule has 126 valence electrons. The number of ether oxygens (including phenoxy) is 1. The van der Waals surface area contributed by atoms with Gasteiger partial charge in [0.15, 0.2) is 11.0 Å². The van der Waals surface area contributed by atoms with Gasteiger partial charge in [-0.15, -0.1) is 20.4 Å². The molecular formula is C15H16ClN5O2S. The molecule has 0 atom stereocenters. The summed E-state index contributed by atoms with van der Waals surface area (Å²) in [6.45, 7) is 2.26. The molecule has 2 heterocycles. The van der Waals surface area contributed by atoms with Crippen LogP contribution in [-0.4, -0.2) is 25.0 Å². The molecule has 0 aliphatic heterocycles. The lowest BCUT2D eigenvalue weighted by Gasteiger charge is -2.07. The van der Waals surface area contributed by atoms with Crippen molar-refractivity contribution in [2.24, 2.45) is 7.05 Å². The minimum absolute atomic E-state index is 0.286. The number of nitrogens with zero attached hydrogens (tertiary/aromatic N) is 5. The standard InChI is InChI=1S/C15H16ClN5O2S/c1-3-13-18-19-14(23-13)9-24-15-20-17-12(21(15)2)8-22-11-7-5-4-6-10(11)16/h4-7H,3,8-9H2,1-2H3. The summed E-state index contributed by atoms with van der Waals surface area (Å²) in [7, 11) is 1.89. The SMILES string of the molecule is CCc1nnc(CSc2nnc(COc3ccccc3Cl)n2C)o1. The molecule has 24 heavy (non-hydrogen) atoms. The van der Waals surface area contributed by atoms with E-state index in [-0.39, 0.29) is 6.61 Å². The zero-order valence-electron chi connectivity index (χ0n) is 13.3. The van der Waals surface area contributed by atoms with Gasteiger partial charge < -0.3 is 13.7 Å². The highest BCUT2D eigenvalue weighted by Crippen LogP contribution is 2.25. The van der Waals surface area contributed by atoms with E-state index >= 15 is 0 Å². The molecule has 0 amide bonds. The highest BCUT2D eigenvalue weighted by molar-refractivity contribution is 7.98. The summed E-state index contributed by atoms with van der Waals surface area (Å²) in [6, 6.07) is 7.32. The molecule has 0 saturated heterocycles. The van der Waals surface area contributed by atoms with Crippen molar-refractivity contribution >= 4 is 23.4 Å². The van der Waals surface area contributed by atoms with E-state index in [4.69, 9.17) is 20.8 Å². The molecule has 3 aromatic rings. The van der Waals surface area contributed by atoms with Crippen molar-refractivity contribution in [3.8, 4) is 5.75 Å². The molecular weight excluding hydrogens is 350 g/mol. The molecule has 7 nitrogen and oxygen atoms in total. The molecule has 0 aliphatic rings. The number of aryl methyl sites for hydroxylation is 1. The van der Waals surface area contributed by atoms with Crippen molar-refractivity contribution in [3.05, 3.63) is 46.9 Å². The topological polar surface area (TPSA) is 78.9 Å². The third-order valence-electron chi connectivity index (χ3n) is 3.25. The summed E-state index contributed by atoms with van der Waals surface area (Å²) in [5.74, 6) is 3.09. The highest BCUT2D eigenvalue weighted by atomic mass is 35.5. The first-order valence-electron chi connectivity index (χ1n) is 7.37. The lowest BCUT2D eigenvalue weighted by molar-refractivity contribution is 0.290. The molecule has 9 heteroatoms. The third kappa shape index (κ3) is 3.88. The van der Waals surface area contributed by atoms with Gasteiger partial charge in [0.1, 0.15) is 12.4 Å². The van der Waals surface area contributed by atoms with E-state index in [0.29, 0.717) is 34.1 Å². The maximum absolute atomic E-state index is 6.07. The second-order valence-corrected chi connectivity index (χ2v) is 6.26. The van der Waals surface area contributed by atoms with Gasteiger partial charge in [0.2, 0.25) is 11.8 Å². The maximum atomic E-state index is 6.07. The number of aromatic nitrogens is 5. The van der Waals surface area contributed by atoms with Crippen LogP contribution in [0.4, 0.5) is 0 Å². The highest BCUT2D eigenvalue weighted by Gasteiger charge is 2.13. The summed E-state index contributed by atoms with van der Waals surface area (Å²) in [4.78, 5) is 0. The smallest absolute Gasteiger partial charge is 0.226 e. The molecule has 1 aromatic carbocycles. The molecule has 3 rings (SSSR count). The van der Waals surface area contributed by atoms with Gasteiger partial charge in [-0.1, -0.05) is 42.4 Å². The van der Waals surface area contributed by atoms with Crippen LogP contribution >= 0.6 is 23.4 Å². The van der Waals surface area contributed by atoms with E-state index < -0.39 is 0 Å². The lowest BCUT2D eigenvalue weighted by Crippen LogP contribution is -2.04. The van der Waals surface area contributed by atoms with E-state index in [1.54, 1.807) is 6.07 Å². The van der Waals surface area contributed by atoms with Crippen LogP contribution in [0, 0.1) is 0 Å². The Morgan fingerprint density at radius 3 is 2.71 bits per heavy atom. The maximum Gasteiger partial charge on any atom is 0.226 e.